The van der Waals surface area contributed by atoms with Gasteiger partial charge in [0, 0.05) is 26.6 Å². The lowest BCUT2D eigenvalue weighted by Crippen LogP contribution is -2.54. The zero-order chi connectivity index (χ0) is 21.6. The number of carbonyl (C=O) groups excluding carboxylic acids is 1. The van der Waals surface area contributed by atoms with Crippen LogP contribution in [0, 0.1) is 0 Å². The van der Waals surface area contributed by atoms with Gasteiger partial charge in [-0.15, -0.1) is 0 Å². The van der Waals surface area contributed by atoms with Gasteiger partial charge >= 0.3 is 0 Å². The number of imidazole rings is 1. The van der Waals surface area contributed by atoms with Crippen LogP contribution in [-0.4, -0.2) is 71.9 Å². The van der Waals surface area contributed by atoms with E-state index in [0.717, 1.165) is 5.57 Å². The van der Waals surface area contributed by atoms with Crippen LogP contribution in [0.2, 0.25) is 0 Å². The first-order valence-corrected chi connectivity index (χ1v) is 9.30. The Morgan fingerprint density at radius 2 is 1.87 bits per heavy atom. The number of nitrogens with zero attached hydrogens (tertiary/aromatic N) is 4. The van der Waals surface area contributed by atoms with Gasteiger partial charge in [-0.25, -0.2) is 4.98 Å². The molecule has 0 saturated carbocycles. The predicted molar refractivity (Wildman–Crippen MR) is 106 cm³/mol. The Balaban J connectivity index is 1.67. The first-order chi connectivity index (χ1) is 14.3. The number of phenolic OH excluding ortho intramolecular Hbond substituents is 2. The average Bonchev–Trinajstić information content (AvgIpc) is 3.12. The van der Waals surface area contributed by atoms with Crippen molar-refractivity contribution in [2.75, 3.05) is 18.5 Å². The molecule has 0 radical (unpaired) electrons. The minimum atomic E-state index is -1.25. The minimum absolute atomic E-state index is 0.118. The summed E-state index contributed by atoms with van der Waals surface area (Å²) in [4.78, 5) is 19.9. The quantitative estimate of drug-likeness (QED) is 0.459. The number of aliphatic hydroxyl groups is 3. The molecule has 10 heteroatoms. The molecule has 0 bridgehead atoms. The van der Waals surface area contributed by atoms with E-state index in [1.54, 1.807) is 16.7 Å². The lowest BCUT2D eigenvalue weighted by atomic mass is 10.0. The number of allylic oxidation sites excluding steroid dienone is 2. The van der Waals surface area contributed by atoms with E-state index in [0.29, 0.717) is 11.4 Å². The first-order valence-electron chi connectivity index (χ1n) is 9.30. The molecule has 2 aromatic rings. The van der Waals surface area contributed by atoms with Crippen molar-refractivity contribution >= 4 is 11.7 Å². The van der Waals surface area contributed by atoms with E-state index in [9.17, 15) is 30.3 Å². The molecule has 2 unspecified atom stereocenters. The van der Waals surface area contributed by atoms with Gasteiger partial charge in [0.2, 0.25) is 6.35 Å². The highest BCUT2D eigenvalue weighted by atomic mass is 16.3. The molecule has 0 saturated heterocycles. The van der Waals surface area contributed by atoms with Crippen LogP contribution < -0.4 is 4.90 Å². The second-order valence-corrected chi connectivity index (χ2v) is 7.39. The van der Waals surface area contributed by atoms with Crippen molar-refractivity contribution in [3.8, 4) is 11.5 Å². The topological polar surface area (TPSA) is 143 Å². The average molecular weight is 414 g/mol. The highest BCUT2D eigenvalue weighted by Crippen LogP contribution is 2.32. The number of hydrogen-bond acceptors (Lipinski definition) is 8. The van der Waals surface area contributed by atoms with Crippen molar-refractivity contribution in [3.63, 3.8) is 0 Å². The molecule has 1 aromatic heterocycles. The van der Waals surface area contributed by atoms with E-state index < -0.39 is 18.4 Å². The number of rotatable bonds is 4. The molecule has 30 heavy (non-hydrogen) atoms. The number of amides is 1. The molecule has 2 aliphatic rings. The van der Waals surface area contributed by atoms with Gasteiger partial charge in [0.25, 0.3) is 5.91 Å². The van der Waals surface area contributed by atoms with Crippen LogP contribution in [0.15, 0.2) is 48.0 Å². The summed E-state index contributed by atoms with van der Waals surface area (Å²) < 4.78 is 1.61. The minimum Gasteiger partial charge on any atom is -0.510 e. The number of aromatic hydroxyl groups is 2. The second-order valence-electron chi connectivity index (χ2n) is 7.39. The van der Waals surface area contributed by atoms with Crippen molar-refractivity contribution in [1.29, 1.82) is 0 Å². The number of benzene rings is 1. The molecule has 2 heterocycles. The molecular formula is C20H22N4O6. The van der Waals surface area contributed by atoms with Crippen molar-refractivity contribution in [2.24, 2.45) is 0 Å². The monoisotopic (exact) mass is 414 g/mol. The first kappa shape index (κ1) is 19.8. The summed E-state index contributed by atoms with van der Waals surface area (Å²) in [5.74, 6) is -0.736. The Hall–Kier alpha value is -3.50. The Bertz CT molecular complexity index is 1060. The summed E-state index contributed by atoms with van der Waals surface area (Å²) >= 11 is 0. The fourth-order valence-electron chi connectivity index (χ4n) is 3.60. The summed E-state index contributed by atoms with van der Waals surface area (Å²) in [7, 11) is 1.47. The maximum atomic E-state index is 12.8. The highest BCUT2D eigenvalue weighted by Gasteiger charge is 2.38. The van der Waals surface area contributed by atoms with E-state index in [1.165, 1.54) is 41.4 Å². The van der Waals surface area contributed by atoms with Gasteiger partial charge in [-0.3, -0.25) is 9.69 Å². The highest BCUT2D eigenvalue weighted by molar-refractivity contribution is 5.99. The van der Waals surface area contributed by atoms with E-state index in [2.05, 4.69) is 4.98 Å². The number of phenols is 2. The molecule has 0 spiro atoms. The molecule has 158 valence electrons. The van der Waals surface area contributed by atoms with Gasteiger partial charge in [0.15, 0.2) is 23.0 Å². The predicted octanol–water partition coefficient (Wildman–Crippen LogP) is 0.643. The van der Waals surface area contributed by atoms with Gasteiger partial charge in [0.1, 0.15) is 11.9 Å². The van der Waals surface area contributed by atoms with Crippen molar-refractivity contribution < 1.29 is 30.3 Å². The summed E-state index contributed by atoms with van der Waals surface area (Å²) in [6, 6.07) is 4.39. The van der Waals surface area contributed by atoms with Gasteiger partial charge in [0.05, 0.1) is 6.33 Å². The fourth-order valence-corrected chi connectivity index (χ4v) is 3.60. The number of carbonyl (C=O) groups is 1. The van der Waals surface area contributed by atoms with Crippen LogP contribution >= 0.6 is 0 Å². The molecule has 1 aromatic carbocycles. The van der Waals surface area contributed by atoms with Crippen LogP contribution in [0.3, 0.4) is 0 Å². The van der Waals surface area contributed by atoms with Crippen LogP contribution in [0.4, 0.5) is 5.82 Å². The maximum Gasteiger partial charge on any atom is 0.277 e. The standard InChI is InChI=1S/C20H22N4O6/c1-22-19(29)17-18(21-10-23(17)8-11-2-4-13(25)15(27)6-11)24(20(22)30)9-12-3-5-14(26)16(28)7-12/h2-6,10,16,20,25-28,30H,7-9H2,1H3. The van der Waals surface area contributed by atoms with Crippen LogP contribution in [0.1, 0.15) is 22.5 Å². The van der Waals surface area contributed by atoms with Crippen molar-refractivity contribution in [2.45, 2.75) is 25.4 Å². The molecule has 1 aliphatic heterocycles. The Labute approximate surface area is 171 Å². The third kappa shape index (κ3) is 3.36. The molecule has 0 fully saturated rings. The Morgan fingerprint density at radius 1 is 1.10 bits per heavy atom. The van der Waals surface area contributed by atoms with E-state index in [-0.39, 0.29) is 42.5 Å². The van der Waals surface area contributed by atoms with E-state index in [4.69, 9.17) is 0 Å². The van der Waals surface area contributed by atoms with Crippen LogP contribution in [0.25, 0.3) is 0 Å². The smallest absolute Gasteiger partial charge is 0.277 e. The lowest BCUT2D eigenvalue weighted by Gasteiger charge is -2.39. The third-order valence-electron chi connectivity index (χ3n) is 5.29. The Morgan fingerprint density at radius 3 is 2.57 bits per heavy atom. The molecule has 10 nitrogen and oxygen atoms in total. The largest absolute Gasteiger partial charge is 0.510 e. The lowest BCUT2D eigenvalue weighted by molar-refractivity contribution is 0.0132. The van der Waals surface area contributed by atoms with E-state index >= 15 is 0 Å². The number of aromatic nitrogens is 2. The fraction of sp³-hybridized carbons (Fsp3) is 0.300. The SMILES string of the molecule is CN1C(=O)c2c(ncn2Cc2ccc(O)c(O)c2)N(CC2=CC=C(O)C(O)C2)C1O. The van der Waals surface area contributed by atoms with E-state index in [1.807, 2.05) is 0 Å². The van der Waals surface area contributed by atoms with Gasteiger partial charge in [-0.05, 0) is 29.3 Å². The van der Waals surface area contributed by atoms with Crippen LogP contribution in [0.5, 0.6) is 11.5 Å². The normalized spacial score (nSPS) is 21.4. The number of hydrogen-bond donors (Lipinski definition) is 5. The van der Waals surface area contributed by atoms with Crippen molar-refractivity contribution in [1.82, 2.24) is 14.5 Å². The third-order valence-corrected chi connectivity index (χ3v) is 5.29. The molecule has 2 atom stereocenters. The molecule has 5 N–H and O–H groups in total. The van der Waals surface area contributed by atoms with Gasteiger partial charge in [-0.1, -0.05) is 12.1 Å². The number of fused-ring (bicyclic) bond motifs is 1. The second kappa shape index (κ2) is 7.39. The van der Waals surface area contributed by atoms with Crippen molar-refractivity contribution in [3.05, 3.63) is 59.3 Å². The van der Waals surface area contributed by atoms with Gasteiger partial charge in [-0.2, -0.15) is 0 Å². The zero-order valence-corrected chi connectivity index (χ0v) is 16.2. The van der Waals surface area contributed by atoms with Crippen LogP contribution in [-0.2, 0) is 6.54 Å². The molecule has 1 amide bonds. The zero-order valence-electron chi connectivity index (χ0n) is 16.2. The summed E-state index contributed by atoms with van der Waals surface area (Å²) in [5.41, 5.74) is 1.68. The Kier molecular flexibility index (Phi) is 4.88. The molecule has 4 rings (SSSR count). The summed E-state index contributed by atoms with van der Waals surface area (Å²) in [5, 5.41) is 49.3. The number of anilines is 1. The number of aliphatic hydroxyl groups excluding tert-OH is 3. The molecular weight excluding hydrogens is 392 g/mol. The summed E-state index contributed by atoms with van der Waals surface area (Å²) in [6.07, 6.45) is 2.49. The maximum absolute atomic E-state index is 12.8. The summed E-state index contributed by atoms with van der Waals surface area (Å²) in [6.45, 7) is 0.418. The van der Waals surface area contributed by atoms with Gasteiger partial charge < -0.3 is 35.0 Å². The molecule has 1 aliphatic carbocycles.